The highest BCUT2D eigenvalue weighted by Crippen LogP contribution is 2.47. The largest absolute Gasteiger partial charge is 0.394 e. The number of halogens is 2. The van der Waals surface area contributed by atoms with Gasteiger partial charge in [-0.25, -0.2) is 8.78 Å². The minimum absolute atomic E-state index is 0.0108. The van der Waals surface area contributed by atoms with E-state index >= 15 is 0 Å². The van der Waals surface area contributed by atoms with E-state index in [-0.39, 0.29) is 41.9 Å². The maximum atomic E-state index is 14.3. The Balaban J connectivity index is 1.58. The standard InChI is InChI=1S/C25H22F2N2O2/c26-17-8-5-15(6-9-17)16-7-10-22-20(13-16)24-19(23(14-30)28-22)11-12-29(24)25(31)18-3-1-2-4-21(18)27/h1-10,13,19,23-24,28,30H,11-12,14H2/t19-,23+,24-/m1/s1. The van der Waals surface area contributed by atoms with E-state index in [1.54, 1.807) is 29.2 Å². The summed E-state index contributed by atoms with van der Waals surface area (Å²) >= 11 is 0. The van der Waals surface area contributed by atoms with Crippen molar-refractivity contribution in [1.29, 1.82) is 0 Å². The van der Waals surface area contributed by atoms with Crippen molar-refractivity contribution in [3.05, 3.63) is 89.5 Å². The van der Waals surface area contributed by atoms with Gasteiger partial charge in [0.05, 0.1) is 24.3 Å². The summed E-state index contributed by atoms with van der Waals surface area (Å²) in [6.45, 7) is 0.433. The number of aliphatic hydroxyl groups excluding tert-OH is 1. The number of nitrogens with zero attached hydrogens (tertiary/aromatic N) is 1. The average molecular weight is 420 g/mol. The lowest BCUT2D eigenvalue weighted by molar-refractivity contribution is 0.0696. The molecule has 3 aromatic rings. The molecule has 31 heavy (non-hydrogen) atoms. The highest BCUT2D eigenvalue weighted by Gasteiger charge is 2.46. The molecule has 4 nitrogen and oxygen atoms in total. The van der Waals surface area contributed by atoms with E-state index in [0.29, 0.717) is 13.0 Å². The third-order valence-corrected chi connectivity index (χ3v) is 6.41. The molecule has 0 aliphatic carbocycles. The first kappa shape index (κ1) is 19.7. The summed E-state index contributed by atoms with van der Waals surface area (Å²) in [4.78, 5) is 15.0. The lowest BCUT2D eigenvalue weighted by atomic mass is 9.82. The number of nitrogens with one attached hydrogen (secondary N) is 1. The normalized spacial score (nSPS) is 21.9. The number of hydrogen-bond acceptors (Lipinski definition) is 3. The summed E-state index contributed by atoms with van der Waals surface area (Å²) in [5.41, 5.74) is 3.61. The third-order valence-electron chi connectivity index (χ3n) is 6.41. The Labute approximate surface area is 179 Å². The molecule has 0 spiro atoms. The molecule has 1 saturated heterocycles. The Morgan fingerprint density at radius 3 is 2.52 bits per heavy atom. The van der Waals surface area contributed by atoms with E-state index in [9.17, 15) is 18.7 Å². The van der Waals surface area contributed by atoms with Gasteiger partial charge in [0.2, 0.25) is 0 Å². The number of benzene rings is 3. The van der Waals surface area contributed by atoms with Crippen LogP contribution in [0, 0.1) is 17.6 Å². The van der Waals surface area contributed by atoms with Gasteiger partial charge < -0.3 is 15.3 Å². The van der Waals surface area contributed by atoms with E-state index in [1.165, 1.54) is 24.3 Å². The average Bonchev–Trinajstić information content (AvgIpc) is 3.24. The van der Waals surface area contributed by atoms with Gasteiger partial charge in [-0.1, -0.05) is 30.3 Å². The third kappa shape index (κ3) is 3.37. The van der Waals surface area contributed by atoms with Crippen LogP contribution in [0.25, 0.3) is 11.1 Å². The van der Waals surface area contributed by atoms with Gasteiger partial charge in [-0.3, -0.25) is 4.79 Å². The number of carbonyl (C=O) groups is 1. The molecule has 2 heterocycles. The summed E-state index contributed by atoms with van der Waals surface area (Å²) in [5.74, 6) is -1.17. The van der Waals surface area contributed by atoms with Crippen molar-refractivity contribution in [2.24, 2.45) is 5.92 Å². The summed E-state index contributed by atoms with van der Waals surface area (Å²) < 4.78 is 27.7. The first-order valence-electron chi connectivity index (χ1n) is 10.4. The van der Waals surface area contributed by atoms with Gasteiger partial charge in [0, 0.05) is 18.2 Å². The Kier molecular flexibility index (Phi) is 4.94. The maximum absolute atomic E-state index is 14.3. The first-order chi connectivity index (χ1) is 15.1. The second kappa shape index (κ2) is 7.78. The van der Waals surface area contributed by atoms with Gasteiger partial charge in [-0.05, 0) is 59.5 Å². The van der Waals surface area contributed by atoms with Crippen molar-refractivity contribution in [1.82, 2.24) is 4.90 Å². The number of anilines is 1. The van der Waals surface area contributed by atoms with E-state index < -0.39 is 5.82 Å². The SMILES string of the molecule is O=C(c1ccccc1F)N1CC[C@@H]2[C@H](CO)Nc3ccc(-c4ccc(F)cc4)cc3[C@@H]21. The van der Waals surface area contributed by atoms with Gasteiger partial charge in [-0.2, -0.15) is 0 Å². The van der Waals surface area contributed by atoms with Gasteiger partial charge in [-0.15, -0.1) is 0 Å². The van der Waals surface area contributed by atoms with Crippen molar-refractivity contribution in [3.8, 4) is 11.1 Å². The summed E-state index contributed by atoms with van der Waals surface area (Å²) in [7, 11) is 0. The van der Waals surface area contributed by atoms with Crippen LogP contribution in [0.2, 0.25) is 0 Å². The van der Waals surface area contributed by atoms with Crippen LogP contribution in [0.4, 0.5) is 14.5 Å². The van der Waals surface area contributed by atoms with Crippen LogP contribution >= 0.6 is 0 Å². The molecule has 0 unspecified atom stereocenters. The number of fused-ring (bicyclic) bond motifs is 3. The van der Waals surface area contributed by atoms with Gasteiger partial charge in [0.1, 0.15) is 11.6 Å². The van der Waals surface area contributed by atoms with Crippen molar-refractivity contribution < 1.29 is 18.7 Å². The monoisotopic (exact) mass is 420 g/mol. The van der Waals surface area contributed by atoms with Crippen LogP contribution in [0.3, 0.4) is 0 Å². The first-order valence-corrected chi connectivity index (χ1v) is 10.4. The highest BCUT2D eigenvalue weighted by atomic mass is 19.1. The lowest BCUT2D eigenvalue weighted by Crippen LogP contribution is -2.43. The molecule has 2 N–H and O–H groups in total. The molecule has 2 aliphatic rings. The number of aliphatic hydroxyl groups is 1. The Hall–Kier alpha value is -3.25. The van der Waals surface area contributed by atoms with E-state index in [1.807, 2.05) is 18.2 Å². The quantitative estimate of drug-likeness (QED) is 0.650. The molecular formula is C25H22F2N2O2. The summed E-state index contributed by atoms with van der Waals surface area (Å²) in [5, 5.41) is 13.3. The zero-order valence-electron chi connectivity index (χ0n) is 16.8. The number of amides is 1. The smallest absolute Gasteiger partial charge is 0.257 e. The highest BCUT2D eigenvalue weighted by molar-refractivity contribution is 5.95. The van der Waals surface area contributed by atoms with E-state index in [0.717, 1.165) is 22.4 Å². The molecule has 6 heteroatoms. The van der Waals surface area contributed by atoms with Crippen LogP contribution in [0.5, 0.6) is 0 Å². The van der Waals surface area contributed by atoms with Crippen LogP contribution < -0.4 is 5.32 Å². The topological polar surface area (TPSA) is 52.6 Å². The molecule has 3 aromatic carbocycles. The number of carbonyl (C=O) groups excluding carboxylic acids is 1. The van der Waals surface area contributed by atoms with Crippen LogP contribution in [0.1, 0.15) is 28.4 Å². The molecule has 0 bridgehead atoms. The molecule has 158 valence electrons. The zero-order valence-corrected chi connectivity index (χ0v) is 16.8. The minimum atomic E-state index is -0.538. The van der Waals surface area contributed by atoms with E-state index in [4.69, 9.17) is 0 Å². The Bertz CT molecular complexity index is 1130. The van der Waals surface area contributed by atoms with Crippen LogP contribution in [0.15, 0.2) is 66.7 Å². The second-order valence-electron chi connectivity index (χ2n) is 8.12. The molecule has 1 amide bonds. The number of rotatable bonds is 3. The maximum Gasteiger partial charge on any atom is 0.257 e. The molecule has 1 fully saturated rings. The minimum Gasteiger partial charge on any atom is -0.394 e. The fourth-order valence-corrected chi connectivity index (χ4v) is 4.90. The molecular weight excluding hydrogens is 398 g/mol. The predicted octanol–water partition coefficient (Wildman–Crippen LogP) is 4.62. The number of likely N-dealkylation sites (tertiary alicyclic amines) is 1. The molecule has 3 atom stereocenters. The summed E-state index contributed by atoms with van der Waals surface area (Å²) in [6.07, 6.45) is 0.712. The van der Waals surface area contributed by atoms with E-state index in [2.05, 4.69) is 5.32 Å². The molecule has 0 aromatic heterocycles. The zero-order chi connectivity index (χ0) is 21.5. The van der Waals surface area contributed by atoms with Crippen molar-refractivity contribution in [2.45, 2.75) is 18.5 Å². The summed E-state index contributed by atoms with van der Waals surface area (Å²) in [6, 6.07) is 17.7. The molecule has 0 saturated carbocycles. The molecule has 0 radical (unpaired) electrons. The second-order valence-corrected chi connectivity index (χ2v) is 8.12. The van der Waals surface area contributed by atoms with Crippen LogP contribution in [-0.2, 0) is 0 Å². The number of hydrogen-bond donors (Lipinski definition) is 2. The fourth-order valence-electron chi connectivity index (χ4n) is 4.90. The Morgan fingerprint density at radius 2 is 1.77 bits per heavy atom. The van der Waals surface area contributed by atoms with Gasteiger partial charge in [0.25, 0.3) is 5.91 Å². The predicted molar refractivity (Wildman–Crippen MR) is 115 cm³/mol. The lowest BCUT2D eigenvalue weighted by Gasteiger charge is -2.39. The van der Waals surface area contributed by atoms with Crippen molar-refractivity contribution in [3.63, 3.8) is 0 Å². The fraction of sp³-hybridized carbons (Fsp3) is 0.240. The van der Waals surface area contributed by atoms with Crippen molar-refractivity contribution in [2.75, 3.05) is 18.5 Å². The Morgan fingerprint density at radius 1 is 1.03 bits per heavy atom. The van der Waals surface area contributed by atoms with Crippen LogP contribution in [-0.4, -0.2) is 35.1 Å². The van der Waals surface area contributed by atoms with Gasteiger partial charge in [0.15, 0.2) is 0 Å². The van der Waals surface area contributed by atoms with Crippen molar-refractivity contribution >= 4 is 11.6 Å². The van der Waals surface area contributed by atoms with Gasteiger partial charge >= 0.3 is 0 Å². The molecule has 2 aliphatic heterocycles. The molecule has 5 rings (SSSR count).